The summed E-state index contributed by atoms with van der Waals surface area (Å²) in [4.78, 5) is 3.42. The predicted molar refractivity (Wildman–Crippen MR) is 83.2 cm³/mol. The van der Waals surface area contributed by atoms with Gasteiger partial charge in [-0.05, 0) is 24.3 Å². The van der Waals surface area contributed by atoms with E-state index in [-0.39, 0.29) is 16.4 Å². The second kappa shape index (κ2) is 5.97. The van der Waals surface area contributed by atoms with Crippen molar-refractivity contribution in [2.75, 3.05) is 0 Å². The van der Waals surface area contributed by atoms with E-state index in [4.69, 9.17) is 5.14 Å². The minimum atomic E-state index is -4.71. The Morgan fingerprint density at radius 3 is 2.08 bits per heavy atom. The van der Waals surface area contributed by atoms with Crippen LogP contribution in [-0.2, 0) is 16.2 Å². The number of rotatable bonds is 3. The first-order valence-electron chi connectivity index (χ1n) is 6.89. The molecule has 3 aromatic rings. The first-order chi connectivity index (χ1) is 11.7. The van der Waals surface area contributed by atoms with Crippen LogP contribution >= 0.6 is 0 Å². The Morgan fingerprint density at radius 2 is 1.56 bits per heavy atom. The van der Waals surface area contributed by atoms with E-state index in [2.05, 4.69) is 10.1 Å². The average molecular weight is 368 g/mol. The second-order valence-electron chi connectivity index (χ2n) is 5.07. The van der Waals surface area contributed by atoms with Gasteiger partial charge in [0.05, 0.1) is 10.6 Å². The largest absolute Gasteiger partial charge is 0.453 e. The number of hydrogen-bond donors (Lipinski definition) is 1. The van der Waals surface area contributed by atoms with E-state index in [1.54, 1.807) is 30.3 Å². The molecular formula is C15H11F3N4O2S. The van der Waals surface area contributed by atoms with Crippen LogP contribution in [0.3, 0.4) is 0 Å². The minimum absolute atomic E-state index is 0.0173. The lowest BCUT2D eigenvalue weighted by Crippen LogP contribution is -2.12. The van der Waals surface area contributed by atoms with E-state index in [1.165, 1.54) is 24.3 Å². The SMILES string of the molecule is NS(=O)(=O)c1ccc(-n2nc(C(F)(F)F)nc2-c2ccccc2)cc1. The van der Waals surface area contributed by atoms with E-state index in [0.29, 0.717) is 5.56 Å². The average Bonchev–Trinajstić information content (AvgIpc) is 3.00. The van der Waals surface area contributed by atoms with Crippen molar-refractivity contribution in [1.82, 2.24) is 14.8 Å². The van der Waals surface area contributed by atoms with Crippen LogP contribution in [0.5, 0.6) is 0 Å². The summed E-state index contributed by atoms with van der Waals surface area (Å²) in [6.45, 7) is 0. The molecule has 0 amide bonds. The number of halogens is 3. The van der Waals surface area contributed by atoms with Crippen LogP contribution in [0.25, 0.3) is 17.1 Å². The normalized spacial score (nSPS) is 12.3. The van der Waals surface area contributed by atoms with E-state index in [9.17, 15) is 21.6 Å². The van der Waals surface area contributed by atoms with E-state index < -0.39 is 22.0 Å². The molecule has 0 aliphatic heterocycles. The summed E-state index contributed by atoms with van der Waals surface area (Å²) >= 11 is 0. The highest BCUT2D eigenvalue weighted by atomic mass is 32.2. The highest BCUT2D eigenvalue weighted by Crippen LogP contribution is 2.30. The zero-order chi connectivity index (χ0) is 18.2. The van der Waals surface area contributed by atoms with Crippen LogP contribution < -0.4 is 5.14 Å². The van der Waals surface area contributed by atoms with E-state index in [1.807, 2.05) is 0 Å². The van der Waals surface area contributed by atoms with Gasteiger partial charge in [0.1, 0.15) is 0 Å². The standard InChI is InChI=1S/C15H11F3N4O2S/c16-15(17,18)14-20-13(10-4-2-1-3-5-10)22(21-14)11-6-8-12(9-7-11)25(19,23)24/h1-9H,(H2,19,23,24). The number of aromatic nitrogens is 3. The Balaban J connectivity index is 2.16. The molecule has 2 aromatic carbocycles. The van der Waals surface area contributed by atoms with Crippen molar-refractivity contribution >= 4 is 10.0 Å². The van der Waals surface area contributed by atoms with Crippen LogP contribution in [0, 0.1) is 0 Å². The maximum Gasteiger partial charge on any atom is 0.453 e. The Labute approximate surface area is 140 Å². The molecule has 0 saturated heterocycles. The zero-order valence-corrected chi connectivity index (χ0v) is 13.3. The number of benzene rings is 2. The predicted octanol–water partition coefficient (Wildman–Crippen LogP) is 2.60. The van der Waals surface area contributed by atoms with Gasteiger partial charge in [-0.15, -0.1) is 5.10 Å². The van der Waals surface area contributed by atoms with Crippen molar-refractivity contribution in [3.63, 3.8) is 0 Å². The molecule has 1 aromatic heterocycles. The Kier molecular flexibility index (Phi) is 4.09. The highest BCUT2D eigenvalue weighted by Gasteiger charge is 2.37. The van der Waals surface area contributed by atoms with E-state index >= 15 is 0 Å². The molecule has 0 radical (unpaired) electrons. The van der Waals surface area contributed by atoms with Crippen molar-refractivity contribution in [3.05, 3.63) is 60.4 Å². The third-order valence-electron chi connectivity index (χ3n) is 3.30. The van der Waals surface area contributed by atoms with Crippen LogP contribution in [0.4, 0.5) is 13.2 Å². The molecule has 0 spiro atoms. The molecule has 0 atom stereocenters. The third kappa shape index (κ3) is 3.54. The van der Waals surface area contributed by atoms with Crippen molar-refractivity contribution in [1.29, 1.82) is 0 Å². The molecule has 2 N–H and O–H groups in total. The fourth-order valence-electron chi connectivity index (χ4n) is 2.16. The molecule has 130 valence electrons. The molecule has 0 fully saturated rings. The fourth-order valence-corrected chi connectivity index (χ4v) is 2.68. The molecule has 0 aliphatic rings. The van der Waals surface area contributed by atoms with Crippen LogP contribution in [0.15, 0.2) is 59.5 Å². The Morgan fingerprint density at radius 1 is 0.960 bits per heavy atom. The molecular weight excluding hydrogens is 357 g/mol. The van der Waals surface area contributed by atoms with Crippen LogP contribution in [0.1, 0.15) is 5.82 Å². The summed E-state index contributed by atoms with van der Waals surface area (Å²) in [5, 5.41) is 8.54. The van der Waals surface area contributed by atoms with Gasteiger partial charge in [0, 0.05) is 5.56 Å². The van der Waals surface area contributed by atoms with Gasteiger partial charge in [0.2, 0.25) is 10.0 Å². The van der Waals surface area contributed by atoms with Crippen LogP contribution in [0.2, 0.25) is 0 Å². The topological polar surface area (TPSA) is 90.9 Å². The second-order valence-corrected chi connectivity index (χ2v) is 6.63. The van der Waals surface area contributed by atoms with Crippen molar-refractivity contribution in [2.45, 2.75) is 11.1 Å². The number of hydrogen-bond acceptors (Lipinski definition) is 4. The lowest BCUT2D eigenvalue weighted by molar-refractivity contribution is -0.144. The van der Waals surface area contributed by atoms with Gasteiger partial charge in [-0.25, -0.2) is 23.2 Å². The van der Waals surface area contributed by atoms with Crippen molar-refractivity contribution in [3.8, 4) is 17.1 Å². The molecule has 25 heavy (non-hydrogen) atoms. The number of nitrogens with zero attached hydrogens (tertiary/aromatic N) is 3. The van der Waals surface area contributed by atoms with Crippen LogP contribution in [-0.4, -0.2) is 23.2 Å². The number of alkyl halides is 3. The van der Waals surface area contributed by atoms with Gasteiger partial charge in [-0.1, -0.05) is 30.3 Å². The maximum atomic E-state index is 13.0. The maximum absolute atomic E-state index is 13.0. The summed E-state index contributed by atoms with van der Waals surface area (Å²) in [6, 6.07) is 13.2. The molecule has 3 rings (SSSR count). The van der Waals surface area contributed by atoms with Gasteiger partial charge < -0.3 is 0 Å². The smallest absolute Gasteiger partial charge is 0.225 e. The molecule has 0 aliphatic carbocycles. The summed E-state index contributed by atoms with van der Waals surface area (Å²) in [5.74, 6) is -1.31. The molecule has 0 saturated carbocycles. The number of sulfonamides is 1. The molecule has 0 bridgehead atoms. The lowest BCUT2D eigenvalue weighted by Gasteiger charge is -2.06. The van der Waals surface area contributed by atoms with Gasteiger partial charge >= 0.3 is 6.18 Å². The zero-order valence-electron chi connectivity index (χ0n) is 12.5. The lowest BCUT2D eigenvalue weighted by atomic mass is 10.2. The Bertz CT molecular complexity index is 998. The molecule has 0 unspecified atom stereocenters. The van der Waals surface area contributed by atoms with Gasteiger partial charge in [0.15, 0.2) is 5.82 Å². The van der Waals surface area contributed by atoms with Crippen molar-refractivity contribution < 1.29 is 21.6 Å². The number of primary sulfonamides is 1. The molecule has 6 nitrogen and oxygen atoms in total. The minimum Gasteiger partial charge on any atom is -0.225 e. The van der Waals surface area contributed by atoms with Gasteiger partial charge in [-0.2, -0.15) is 13.2 Å². The molecule has 10 heteroatoms. The Hall–Kier alpha value is -2.72. The van der Waals surface area contributed by atoms with Gasteiger partial charge in [0.25, 0.3) is 5.82 Å². The molecule has 1 heterocycles. The first-order valence-corrected chi connectivity index (χ1v) is 8.44. The van der Waals surface area contributed by atoms with Crippen molar-refractivity contribution in [2.24, 2.45) is 5.14 Å². The fraction of sp³-hybridized carbons (Fsp3) is 0.0667. The summed E-state index contributed by atoms with van der Waals surface area (Å²) in [6.07, 6.45) is -4.71. The summed E-state index contributed by atoms with van der Waals surface area (Å²) < 4.78 is 62.6. The highest BCUT2D eigenvalue weighted by molar-refractivity contribution is 7.89. The monoisotopic (exact) mass is 368 g/mol. The quantitative estimate of drug-likeness (QED) is 0.769. The first kappa shape index (κ1) is 17.1. The third-order valence-corrected chi connectivity index (χ3v) is 4.23. The van der Waals surface area contributed by atoms with E-state index in [0.717, 1.165) is 4.68 Å². The summed E-state index contributed by atoms with van der Waals surface area (Å²) in [5.41, 5.74) is 0.648. The van der Waals surface area contributed by atoms with Gasteiger partial charge in [-0.3, -0.25) is 0 Å². The summed E-state index contributed by atoms with van der Waals surface area (Å²) in [7, 11) is -3.91. The number of nitrogens with two attached hydrogens (primary N) is 1.